The highest BCUT2D eigenvalue weighted by molar-refractivity contribution is 7.80. The molecule has 3 N–H and O–H groups in total. The fourth-order valence-corrected chi connectivity index (χ4v) is 2.00. The number of thiocarbonyl (C=S) groups is 1. The van der Waals surface area contributed by atoms with E-state index < -0.39 is 0 Å². The molecule has 0 aromatic heterocycles. The third-order valence-corrected chi connectivity index (χ3v) is 3.12. The molecule has 0 radical (unpaired) electrons. The maximum Gasteiger partial charge on any atom is 0.225 e. The molecule has 0 aromatic carbocycles. The molecular formula is C10H18N2OS. The zero-order chi connectivity index (χ0) is 10.6. The lowest BCUT2D eigenvalue weighted by Gasteiger charge is -2.22. The minimum atomic E-state index is -0.143. The van der Waals surface area contributed by atoms with Gasteiger partial charge < -0.3 is 11.1 Å². The fourth-order valence-electron chi connectivity index (χ4n) is 1.90. The largest absolute Gasteiger partial charge is 0.393 e. The SMILES string of the molecule is CC1(C(=O)NCCC(N)=S)CCCC1. The average Bonchev–Trinajstić information content (AvgIpc) is 2.52. The van der Waals surface area contributed by atoms with E-state index in [2.05, 4.69) is 5.32 Å². The van der Waals surface area contributed by atoms with Crippen molar-refractivity contribution >= 4 is 23.1 Å². The van der Waals surface area contributed by atoms with E-state index in [9.17, 15) is 4.79 Å². The number of nitrogens with two attached hydrogens (primary N) is 1. The number of nitrogens with one attached hydrogen (secondary N) is 1. The lowest BCUT2D eigenvalue weighted by molar-refractivity contribution is -0.129. The van der Waals surface area contributed by atoms with Crippen molar-refractivity contribution in [3.05, 3.63) is 0 Å². The minimum Gasteiger partial charge on any atom is -0.393 e. The Hall–Kier alpha value is -0.640. The molecule has 0 saturated heterocycles. The number of carbonyl (C=O) groups excluding carboxylic acids is 1. The highest BCUT2D eigenvalue weighted by Gasteiger charge is 2.35. The van der Waals surface area contributed by atoms with Gasteiger partial charge in [-0.05, 0) is 12.8 Å². The smallest absolute Gasteiger partial charge is 0.225 e. The topological polar surface area (TPSA) is 55.1 Å². The molecule has 0 unspecified atom stereocenters. The Bertz CT molecular complexity index is 234. The molecule has 0 aromatic rings. The van der Waals surface area contributed by atoms with E-state index >= 15 is 0 Å². The van der Waals surface area contributed by atoms with Gasteiger partial charge in [0.1, 0.15) is 0 Å². The Morgan fingerprint density at radius 3 is 2.57 bits per heavy atom. The van der Waals surface area contributed by atoms with Crippen LogP contribution in [0.1, 0.15) is 39.0 Å². The van der Waals surface area contributed by atoms with Gasteiger partial charge in [0.15, 0.2) is 0 Å². The second-order valence-corrected chi connectivity index (χ2v) is 4.76. The standard InChI is InChI=1S/C10H18N2OS/c1-10(5-2-3-6-10)9(13)12-7-4-8(11)14/h2-7H2,1H3,(H2,11,14)(H,12,13). The first kappa shape index (κ1) is 11.4. The van der Waals surface area contributed by atoms with E-state index in [1.807, 2.05) is 6.92 Å². The molecule has 0 bridgehead atoms. The van der Waals surface area contributed by atoms with Gasteiger partial charge in [-0.3, -0.25) is 4.79 Å². The van der Waals surface area contributed by atoms with Crippen LogP contribution in [0.3, 0.4) is 0 Å². The van der Waals surface area contributed by atoms with Crippen LogP contribution in [0.15, 0.2) is 0 Å². The Labute approximate surface area is 90.4 Å². The van der Waals surface area contributed by atoms with Crippen molar-refractivity contribution in [1.82, 2.24) is 5.32 Å². The van der Waals surface area contributed by atoms with Crippen LogP contribution in [-0.2, 0) is 4.79 Å². The van der Waals surface area contributed by atoms with Gasteiger partial charge in [-0.1, -0.05) is 32.0 Å². The van der Waals surface area contributed by atoms with Crippen molar-refractivity contribution in [3.8, 4) is 0 Å². The summed E-state index contributed by atoms with van der Waals surface area (Å²) >= 11 is 4.74. The molecule has 0 atom stereocenters. The molecule has 4 heteroatoms. The van der Waals surface area contributed by atoms with Crippen molar-refractivity contribution in [2.45, 2.75) is 39.0 Å². The second-order valence-electron chi connectivity index (χ2n) is 4.24. The Morgan fingerprint density at radius 2 is 2.07 bits per heavy atom. The zero-order valence-electron chi connectivity index (χ0n) is 8.64. The Morgan fingerprint density at radius 1 is 1.50 bits per heavy atom. The molecule has 80 valence electrons. The van der Waals surface area contributed by atoms with Crippen molar-refractivity contribution < 1.29 is 4.79 Å². The van der Waals surface area contributed by atoms with Gasteiger partial charge >= 0.3 is 0 Å². The first-order chi connectivity index (χ1) is 6.54. The van der Waals surface area contributed by atoms with E-state index in [0.29, 0.717) is 18.0 Å². The normalized spacial score (nSPS) is 19.2. The monoisotopic (exact) mass is 214 g/mol. The molecular weight excluding hydrogens is 196 g/mol. The summed E-state index contributed by atoms with van der Waals surface area (Å²) in [5, 5.41) is 2.89. The molecule has 3 nitrogen and oxygen atoms in total. The van der Waals surface area contributed by atoms with Crippen LogP contribution in [0.25, 0.3) is 0 Å². The van der Waals surface area contributed by atoms with Crippen molar-refractivity contribution in [2.75, 3.05) is 6.54 Å². The van der Waals surface area contributed by atoms with E-state index in [-0.39, 0.29) is 11.3 Å². The van der Waals surface area contributed by atoms with Gasteiger partial charge in [0.2, 0.25) is 5.91 Å². The molecule has 0 spiro atoms. The summed E-state index contributed by atoms with van der Waals surface area (Å²) in [6.45, 7) is 2.61. The molecule has 14 heavy (non-hydrogen) atoms. The molecule has 1 amide bonds. The summed E-state index contributed by atoms with van der Waals surface area (Å²) in [5.41, 5.74) is 5.20. The summed E-state index contributed by atoms with van der Waals surface area (Å²) in [4.78, 5) is 12.2. The van der Waals surface area contributed by atoms with E-state index in [1.54, 1.807) is 0 Å². The molecule has 0 heterocycles. The van der Waals surface area contributed by atoms with Crippen LogP contribution in [0.5, 0.6) is 0 Å². The third kappa shape index (κ3) is 2.94. The number of amides is 1. The second kappa shape index (κ2) is 4.73. The third-order valence-electron chi connectivity index (χ3n) is 2.91. The van der Waals surface area contributed by atoms with Gasteiger partial charge in [-0.15, -0.1) is 0 Å². The van der Waals surface area contributed by atoms with Crippen LogP contribution in [-0.4, -0.2) is 17.4 Å². The molecule has 1 rings (SSSR count). The first-order valence-corrected chi connectivity index (χ1v) is 5.52. The molecule has 1 fully saturated rings. The molecule has 0 aliphatic heterocycles. The molecule has 1 aliphatic rings. The highest BCUT2D eigenvalue weighted by atomic mass is 32.1. The number of hydrogen-bond donors (Lipinski definition) is 2. The van der Waals surface area contributed by atoms with Gasteiger partial charge in [0.25, 0.3) is 0 Å². The lowest BCUT2D eigenvalue weighted by Crippen LogP contribution is -2.38. The fraction of sp³-hybridized carbons (Fsp3) is 0.800. The van der Waals surface area contributed by atoms with Gasteiger partial charge in [-0.25, -0.2) is 0 Å². The summed E-state index contributed by atoms with van der Waals surface area (Å²) in [6.07, 6.45) is 4.94. The summed E-state index contributed by atoms with van der Waals surface area (Å²) in [7, 11) is 0. The highest BCUT2D eigenvalue weighted by Crippen LogP contribution is 2.37. The van der Waals surface area contributed by atoms with Crippen LogP contribution in [0, 0.1) is 5.41 Å². The van der Waals surface area contributed by atoms with E-state index in [1.165, 1.54) is 12.8 Å². The van der Waals surface area contributed by atoms with Gasteiger partial charge in [0, 0.05) is 18.4 Å². The maximum atomic E-state index is 11.8. The number of rotatable bonds is 4. The van der Waals surface area contributed by atoms with Crippen molar-refractivity contribution in [2.24, 2.45) is 11.1 Å². The first-order valence-electron chi connectivity index (χ1n) is 5.11. The van der Waals surface area contributed by atoms with Crippen LogP contribution in [0.4, 0.5) is 0 Å². The lowest BCUT2D eigenvalue weighted by atomic mass is 9.88. The van der Waals surface area contributed by atoms with Gasteiger partial charge in [-0.2, -0.15) is 0 Å². The van der Waals surface area contributed by atoms with Crippen LogP contribution >= 0.6 is 12.2 Å². The van der Waals surface area contributed by atoms with Crippen molar-refractivity contribution in [1.29, 1.82) is 0 Å². The van der Waals surface area contributed by atoms with Gasteiger partial charge in [0.05, 0.1) is 4.99 Å². The van der Waals surface area contributed by atoms with E-state index in [4.69, 9.17) is 18.0 Å². The maximum absolute atomic E-state index is 11.8. The Kier molecular flexibility index (Phi) is 3.86. The predicted molar refractivity (Wildman–Crippen MR) is 61.0 cm³/mol. The van der Waals surface area contributed by atoms with Crippen LogP contribution in [0.2, 0.25) is 0 Å². The quantitative estimate of drug-likeness (QED) is 0.695. The minimum absolute atomic E-state index is 0.143. The predicted octanol–water partition coefficient (Wildman–Crippen LogP) is 1.36. The van der Waals surface area contributed by atoms with Crippen LogP contribution < -0.4 is 11.1 Å². The number of carbonyl (C=O) groups is 1. The van der Waals surface area contributed by atoms with Crippen molar-refractivity contribution in [3.63, 3.8) is 0 Å². The zero-order valence-corrected chi connectivity index (χ0v) is 9.45. The molecule has 1 saturated carbocycles. The summed E-state index contributed by atoms with van der Waals surface area (Å²) in [6, 6.07) is 0. The number of hydrogen-bond acceptors (Lipinski definition) is 2. The Balaban J connectivity index is 2.30. The summed E-state index contributed by atoms with van der Waals surface area (Å²) in [5.74, 6) is 0.159. The molecule has 1 aliphatic carbocycles. The van der Waals surface area contributed by atoms with E-state index in [0.717, 1.165) is 12.8 Å². The average molecular weight is 214 g/mol. The summed E-state index contributed by atoms with van der Waals surface area (Å²) < 4.78 is 0.